The minimum atomic E-state index is -3.91. The summed E-state index contributed by atoms with van der Waals surface area (Å²) < 4.78 is 38.7. The number of halogens is 2. The SMILES string of the molecule is O=P([C](F)F)(c1ccccc1)c1ccccc1. The second kappa shape index (κ2) is 4.80. The Morgan fingerprint density at radius 3 is 1.41 bits per heavy atom. The van der Waals surface area contributed by atoms with E-state index in [1.165, 1.54) is 24.3 Å². The quantitative estimate of drug-likeness (QED) is 0.764. The molecule has 1 nitrogen and oxygen atoms in total. The fraction of sp³-hybridized carbons (Fsp3) is 0. The molecule has 17 heavy (non-hydrogen) atoms. The van der Waals surface area contributed by atoms with Crippen LogP contribution in [-0.2, 0) is 4.57 Å². The van der Waals surface area contributed by atoms with Gasteiger partial charge in [-0.1, -0.05) is 60.7 Å². The molecule has 0 fully saturated rings. The van der Waals surface area contributed by atoms with Crippen molar-refractivity contribution in [3.05, 3.63) is 66.8 Å². The molecule has 0 aliphatic rings. The van der Waals surface area contributed by atoms with E-state index in [2.05, 4.69) is 0 Å². The van der Waals surface area contributed by atoms with Gasteiger partial charge in [-0.2, -0.15) is 8.78 Å². The van der Waals surface area contributed by atoms with Gasteiger partial charge in [-0.3, -0.25) is 0 Å². The Morgan fingerprint density at radius 1 is 0.765 bits per heavy atom. The maximum Gasteiger partial charge on any atom is 0.375 e. The van der Waals surface area contributed by atoms with E-state index in [9.17, 15) is 13.3 Å². The van der Waals surface area contributed by atoms with E-state index in [0.717, 1.165) is 0 Å². The molecule has 0 aliphatic carbocycles. The summed E-state index contributed by atoms with van der Waals surface area (Å²) in [6.45, 7) is 0. The molecule has 0 atom stereocenters. The van der Waals surface area contributed by atoms with Crippen molar-refractivity contribution in [2.24, 2.45) is 0 Å². The van der Waals surface area contributed by atoms with Gasteiger partial charge in [0.1, 0.15) is 0 Å². The molecule has 4 heteroatoms. The zero-order valence-corrected chi connectivity index (χ0v) is 9.78. The Hall–Kier alpha value is -1.47. The maximum absolute atomic E-state index is 13.1. The standard InChI is InChI=1S/C13H10F2OP/c14-13(15)17(16,11-7-3-1-4-8-11)12-9-5-2-6-10-12/h1-10H. The summed E-state index contributed by atoms with van der Waals surface area (Å²) in [4.78, 5) is 0. The van der Waals surface area contributed by atoms with Gasteiger partial charge in [0.2, 0.25) is 7.14 Å². The molecule has 0 spiro atoms. The minimum absolute atomic E-state index is 0.159. The zero-order chi connectivity index (χ0) is 12.3. The van der Waals surface area contributed by atoms with Crippen LogP contribution in [0.25, 0.3) is 0 Å². The predicted molar refractivity (Wildman–Crippen MR) is 65.2 cm³/mol. The highest BCUT2D eigenvalue weighted by Crippen LogP contribution is 2.54. The Balaban J connectivity index is 2.60. The highest BCUT2D eigenvalue weighted by Gasteiger charge is 2.39. The van der Waals surface area contributed by atoms with Crippen LogP contribution in [0.1, 0.15) is 0 Å². The molecule has 2 aromatic carbocycles. The van der Waals surface area contributed by atoms with E-state index in [4.69, 9.17) is 0 Å². The fourth-order valence-corrected chi connectivity index (χ4v) is 3.49. The van der Waals surface area contributed by atoms with E-state index < -0.39 is 13.3 Å². The van der Waals surface area contributed by atoms with Crippen LogP contribution in [0.15, 0.2) is 60.7 Å². The summed E-state index contributed by atoms with van der Waals surface area (Å²) >= 11 is 0. The van der Waals surface area contributed by atoms with Gasteiger partial charge < -0.3 is 4.57 Å². The average molecular weight is 251 g/mol. The third-order valence-electron chi connectivity index (χ3n) is 2.48. The lowest BCUT2D eigenvalue weighted by atomic mass is 10.4. The largest absolute Gasteiger partial charge is 0.375 e. The van der Waals surface area contributed by atoms with Crippen molar-refractivity contribution >= 4 is 17.8 Å². The second-order valence-electron chi connectivity index (χ2n) is 3.52. The lowest BCUT2D eigenvalue weighted by Crippen LogP contribution is -2.17. The fourth-order valence-electron chi connectivity index (χ4n) is 1.62. The average Bonchev–Trinajstić information content (AvgIpc) is 2.39. The van der Waals surface area contributed by atoms with Gasteiger partial charge >= 0.3 is 6.17 Å². The smallest absolute Gasteiger partial charge is 0.307 e. The van der Waals surface area contributed by atoms with Crippen molar-refractivity contribution in [1.82, 2.24) is 0 Å². The topological polar surface area (TPSA) is 17.1 Å². The van der Waals surface area contributed by atoms with Crippen LogP contribution in [0.5, 0.6) is 0 Å². The normalized spacial score (nSPS) is 11.7. The van der Waals surface area contributed by atoms with Gasteiger partial charge in [0.25, 0.3) is 0 Å². The first-order valence-corrected chi connectivity index (χ1v) is 6.76. The van der Waals surface area contributed by atoms with Crippen LogP contribution < -0.4 is 10.6 Å². The highest BCUT2D eigenvalue weighted by molar-refractivity contribution is 7.81. The van der Waals surface area contributed by atoms with Crippen LogP contribution in [-0.4, -0.2) is 0 Å². The molecule has 2 rings (SSSR count). The van der Waals surface area contributed by atoms with Gasteiger partial charge in [-0.05, 0) is 0 Å². The van der Waals surface area contributed by atoms with Crippen LogP contribution in [0, 0.1) is 6.17 Å². The molecule has 0 bridgehead atoms. The van der Waals surface area contributed by atoms with Gasteiger partial charge in [0, 0.05) is 10.6 Å². The Bertz CT molecular complexity index is 482. The molecule has 0 saturated heterocycles. The van der Waals surface area contributed by atoms with Crippen LogP contribution >= 0.6 is 7.14 Å². The lowest BCUT2D eigenvalue weighted by Gasteiger charge is -2.16. The van der Waals surface area contributed by atoms with Crippen LogP contribution in [0.2, 0.25) is 0 Å². The summed E-state index contributed by atoms with van der Waals surface area (Å²) in [5.41, 5.74) is 0. The Morgan fingerprint density at radius 2 is 1.12 bits per heavy atom. The lowest BCUT2D eigenvalue weighted by molar-refractivity contribution is 0.357. The number of rotatable bonds is 3. The highest BCUT2D eigenvalue weighted by atomic mass is 31.2. The van der Waals surface area contributed by atoms with Gasteiger partial charge in [0.15, 0.2) is 0 Å². The van der Waals surface area contributed by atoms with E-state index in [1.54, 1.807) is 36.4 Å². The summed E-state index contributed by atoms with van der Waals surface area (Å²) in [6, 6.07) is 15.7. The molecule has 1 radical (unpaired) electrons. The van der Waals surface area contributed by atoms with Crippen LogP contribution in [0.4, 0.5) is 8.78 Å². The van der Waals surface area contributed by atoms with Crippen molar-refractivity contribution < 1.29 is 13.3 Å². The van der Waals surface area contributed by atoms with E-state index in [1.807, 2.05) is 0 Å². The Kier molecular flexibility index (Phi) is 3.39. The van der Waals surface area contributed by atoms with Crippen LogP contribution in [0.3, 0.4) is 0 Å². The minimum Gasteiger partial charge on any atom is -0.307 e. The first-order valence-electron chi connectivity index (χ1n) is 5.05. The van der Waals surface area contributed by atoms with Gasteiger partial charge in [-0.25, -0.2) is 0 Å². The molecule has 0 N–H and O–H groups in total. The molecule has 87 valence electrons. The van der Waals surface area contributed by atoms with Crippen molar-refractivity contribution in [2.75, 3.05) is 0 Å². The summed E-state index contributed by atoms with van der Waals surface area (Å²) in [6.07, 6.45) is -2.03. The van der Waals surface area contributed by atoms with Gasteiger partial charge in [0.05, 0.1) is 0 Å². The number of benzene rings is 2. The Labute approximate surface area is 98.5 Å². The maximum atomic E-state index is 13.1. The summed E-state index contributed by atoms with van der Waals surface area (Å²) in [7, 11) is -3.91. The monoisotopic (exact) mass is 251 g/mol. The van der Waals surface area contributed by atoms with E-state index in [0.29, 0.717) is 0 Å². The van der Waals surface area contributed by atoms with Crippen molar-refractivity contribution in [3.63, 3.8) is 0 Å². The molecule has 0 amide bonds. The zero-order valence-electron chi connectivity index (χ0n) is 8.88. The van der Waals surface area contributed by atoms with Crippen molar-refractivity contribution in [2.45, 2.75) is 0 Å². The number of hydrogen-bond acceptors (Lipinski definition) is 1. The van der Waals surface area contributed by atoms with E-state index in [-0.39, 0.29) is 10.6 Å². The summed E-state index contributed by atoms with van der Waals surface area (Å²) in [5.74, 6) is 0. The third kappa shape index (κ3) is 2.16. The molecule has 0 aliphatic heterocycles. The summed E-state index contributed by atoms with van der Waals surface area (Å²) in [5, 5.41) is 0.317. The van der Waals surface area contributed by atoms with E-state index >= 15 is 0 Å². The van der Waals surface area contributed by atoms with Crippen molar-refractivity contribution in [1.29, 1.82) is 0 Å². The molecule has 0 saturated carbocycles. The first kappa shape index (κ1) is 12.0. The molecule has 2 aromatic rings. The van der Waals surface area contributed by atoms with Gasteiger partial charge in [-0.15, -0.1) is 0 Å². The molecular formula is C13H10F2OP. The molecular weight excluding hydrogens is 241 g/mol. The van der Waals surface area contributed by atoms with Crippen molar-refractivity contribution in [3.8, 4) is 0 Å². The molecule has 0 aromatic heterocycles. The predicted octanol–water partition coefficient (Wildman–Crippen LogP) is 3.39. The third-order valence-corrected chi connectivity index (χ3v) is 5.00. The second-order valence-corrected chi connectivity index (χ2v) is 6.11. The molecule has 0 heterocycles. The first-order chi connectivity index (χ1) is 8.15. The molecule has 0 unspecified atom stereocenters. The number of hydrogen-bond donors (Lipinski definition) is 0.